The van der Waals surface area contributed by atoms with Gasteiger partial charge >= 0.3 is 0 Å². The number of fused-ring (bicyclic) bond motifs is 1. The van der Waals surface area contributed by atoms with Crippen LogP contribution in [-0.2, 0) is 13.1 Å². The van der Waals surface area contributed by atoms with Crippen LogP contribution in [0, 0.1) is 0 Å². The fourth-order valence-corrected chi connectivity index (χ4v) is 2.32. The molecule has 0 spiro atoms. The molecule has 2 aromatic carbocycles. The normalized spacial score (nSPS) is 10.8. The molecule has 0 bridgehead atoms. The van der Waals surface area contributed by atoms with Crippen LogP contribution in [0.4, 0.5) is 0 Å². The summed E-state index contributed by atoms with van der Waals surface area (Å²) in [6.07, 6.45) is 1.58. The molecule has 1 N–H and O–H groups in total. The minimum atomic E-state index is 0.691. The Hall–Kier alpha value is -2.33. The van der Waals surface area contributed by atoms with Gasteiger partial charge in [-0.3, -0.25) is 0 Å². The summed E-state index contributed by atoms with van der Waals surface area (Å²) in [5.74, 6) is 0.904. The van der Waals surface area contributed by atoms with Gasteiger partial charge in [0.2, 0.25) is 0 Å². The first-order valence-electron chi connectivity index (χ1n) is 6.53. The largest absolute Gasteiger partial charge is 0.496 e. The van der Waals surface area contributed by atoms with Gasteiger partial charge in [0.25, 0.3) is 0 Å². The van der Waals surface area contributed by atoms with Crippen LogP contribution in [0.25, 0.3) is 10.8 Å². The molecule has 1 heterocycles. The Morgan fingerprint density at radius 3 is 2.65 bits per heavy atom. The highest BCUT2D eigenvalue weighted by molar-refractivity contribution is 5.91. The van der Waals surface area contributed by atoms with Crippen molar-refractivity contribution in [3.05, 3.63) is 60.0 Å². The lowest BCUT2D eigenvalue weighted by Crippen LogP contribution is -2.13. The van der Waals surface area contributed by atoms with Gasteiger partial charge in [-0.2, -0.15) is 0 Å². The third-order valence-electron chi connectivity index (χ3n) is 3.31. The molecule has 0 unspecified atom stereocenters. The molecule has 0 atom stereocenters. The lowest BCUT2D eigenvalue weighted by molar-refractivity contribution is 0.408. The Bertz CT molecular complexity index is 693. The molecule has 0 amide bonds. The molecule has 0 saturated carbocycles. The topological polar surface area (TPSA) is 47.3 Å². The first kappa shape index (κ1) is 12.7. The summed E-state index contributed by atoms with van der Waals surface area (Å²) < 4.78 is 10.2. The molecule has 3 rings (SSSR count). The van der Waals surface area contributed by atoms with Crippen LogP contribution in [0.2, 0.25) is 0 Å². The van der Waals surface area contributed by atoms with Gasteiger partial charge < -0.3 is 14.6 Å². The number of benzene rings is 2. The van der Waals surface area contributed by atoms with Gasteiger partial charge in [0, 0.05) is 24.5 Å². The van der Waals surface area contributed by atoms with E-state index in [9.17, 15) is 0 Å². The maximum absolute atomic E-state index is 5.40. The van der Waals surface area contributed by atoms with Gasteiger partial charge in [-0.15, -0.1) is 0 Å². The molecule has 0 saturated heterocycles. The highest BCUT2D eigenvalue weighted by Gasteiger charge is 2.05. The lowest BCUT2D eigenvalue weighted by atomic mass is 10.0. The highest BCUT2D eigenvalue weighted by Crippen LogP contribution is 2.28. The van der Waals surface area contributed by atoms with Crippen LogP contribution in [-0.4, -0.2) is 12.3 Å². The average Bonchev–Trinajstić information content (AvgIpc) is 3.01. The van der Waals surface area contributed by atoms with Crippen LogP contribution in [0.3, 0.4) is 0 Å². The summed E-state index contributed by atoms with van der Waals surface area (Å²) in [6.45, 7) is 1.47. The molecule has 0 aliphatic rings. The number of ether oxygens (including phenoxy) is 1. The molecule has 0 radical (unpaired) electrons. The molecule has 20 heavy (non-hydrogen) atoms. The van der Waals surface area contributed by atoms with Crippen molar-refractivity contribution in [1.29, 1.82) is 0 Å². The van der Waals surface area contributed by atoms with E-state index in [0.29, 0.717) is 6.54 Å². The number of rotatable bonds is 5. The smallest absolute Gasteiger partial charge is 0.126 e. The first-order valence-corrected chi connectivity index (χ1v) is 6.53. The van der Waals surface area contributed by atoms with Crippen molar-refractivity contribution >= 4 is 10.8 Å². The van der Waals surface area contributed by atoms with Crippen molar-refractivity contribution in [2.45, 2.75) is 13.1 Å². The summed E-state index contributed by atoms with van der Waals surface area (Å²) in [4.78, 5) is 0. The highest BCUT2D eigenvalue weighted by atomic mass is 16.5. The summed E-state index contributed by atoms with van der Waals surface area (Å²) in [7, 11) is 1.70. The van der Waals surface area contributed by atoms with Crippen LogP contribution < -0.4 is 10.1 Å². The Labute approximate surface area is 117 Å². The van der Waals surface area contributed by atoms with Crippen LogP contribution in [0.15, 0.2) is 53.3 Å². The Balaban J connectivity index is 1.81. The standard InChI is InChI=1S/C16H16N2O2/c1-19-16-7-6-12(14-4-2-3-5-15(14)16)10-17-11-13-8-9-20-18-13/h2-9,17H,10-11H2,1H3. The van der Waals surface area contributed by atoms with Crippen molar-refractivity contribution in [1.82, 2.24) is 10.5 Å². The van der Waals surface area contributed by atoms with Gasteiger partial charge in [-0.1, -0.05) is 35.5 Å². The number of aromatic nitrogens is 1. The number of nitrogens with one attached hydrogen (secondary N) is 1. The lowest BCUT2D eigenvalue weighted by Gasteiger charge is -2.10. The quantitative estimate of drug-likeness (QED) is 0.772. The van der Waals surface area contributed by atoms with Crippen LogP contribution in [0.5, 0.6) is 5.75 Å². The molecule has 0 aliphatic carbocycles. The van der Waals surface area contributed by atoms with Crippen molar-refractivity contribution in [3.8, 4) is 5.75 Å². The first-order chi connectivity index (χ1) is 9.88. The van der Waals surface area contributed by atoms with E-state index in [1.807, 2.05) is 24.3 Å². The summed E-state index contributed by atoms with van der Waals surface area (Å²) in [6, 6.07) is 14.2. The number of hydrogen-bond acceptors (Lipinski definition) is 4. The van der Waals surface area contributed by atoms with Gasteiger partial charge in [0.1, 0.15) is 12.0 Å². The maximum Gasteiger partial charge on any atom is 0.126 e. The van der Waals surface area contributed by atoms with E-state index in [-0.39, 0.29) is 0 Å². The second kappa shape index (κ2) is 5.75. The van der Waals surface area contributed by atoms with Crippen molar-refractivity contribution in [2.75, 3.05) is 7.11 Å². The summed E-state index contributed by atoms with van der Waals surface area (Å²) >= 11 is 0. The van der Waals surface area contributed by atoms with Gasteiger partial charge in [-0.25, -0.2) is 0 Å². The Morgan fingerprint density at radius 2 is 1.90 bits per heavy atom. The van der Waals surface area contributed by atoms with E-state index in [1.165, 1.54) is 10.9 Å². The third kappa shape index (κ3) is 2.51. The second-order valence-electron chi connectivity index (χ2n) is 4.57. The summed E-state index contributed by atoms with van der Waals surface area (Å²) in [5.41, 5.74) is 2.15. The van der Waals surface area contributed by atoms with Gasteiger partial charge in [-0.05, 0) is 17.0 Å². The fraction of sp³-hybridized carbons (Fsp3) is 0.188. The monoisotopic (exact) mass is 268 g/mol. The van der Waals surface area contributed by atoms with Crippen LogP contribution in [0.1, 0.15) is 11.3 Å². The number of hydrogen-bond donors (Lipinski definition) is 1. The minimum absolute atomic E-state index is 0.691. The molecule has 1 aromatic heterocycles. The van der Waals surface area contributed by atoms with Gasteiger partial charge in [0.05, 0.1) is 12.8 Å². The van der Waals surface area contributed by atoms with Crippen LogP contribution >= 0.6 is 0 Å². The van der Waals surface area contributed by atoms with E-state index in [0.717, 1.165) is 23.4 Å². The summed E-state index contributed by atoms with van der Waals surface area (Å²) in [5, 5.41) is 9.59. The molecule has 3 aromatic rings. The predicted molar refractivity (Wildman–Crippen MR) is 77.5 cm³/mol. The zero-order valence-corrected chi connectivity index (χ0v) is 11.3. The molecule has 0 fully saturated rings. The third-order valence-corrected chi connectivity index (χ3v) is 3.31. The van der Waals surface area contributed by atoms with E-state index in [2.05, 4.69) is 28.7 Å². The second-order valence-corrected chi connectivity index (χ2v) is 4.57. The molecule has 4 nitrogen and oxygen atoms in total. The Kier molecular flexibility index (Phi) is 3.65. The minimum Gasteiger partial charge on any atom is -0.496 e. The van der Waals surface area contributed by atoms with E-state index < -0.39 is 0 Å². The van der Waals surface area contributed by atoms with E-state index in [4.69, 9.17) is 9.26 Å². The maximum atomic E-state index is 5.40. The molecular formula is C16H16N2O2. The van der Waals surface area contributed by atoms with Crippen molar-refractivity contribution in [2.24, 2.45) is 0 Å². The Morgan fingerprint density at radius 1 is 1.05 bits per heavy atom. The molecule has 4 heteroatoms. The molecule has 0 aliphatic heterocycles. The van der Waals surface area contributed by atoms with Crippen molar-refractivity contribution in [3.63, 3.8) is 0 Å². The van der Waals surface area contributed by atoms with E-state index in [1.54, 1.807) is 13.4 Å². The number of nitrogens with zero attached hydrogens (tertiary/aromatic N) is 1. The number of methoxy groups -OCH3 is 1. The van der Waals surface area contributed by atoms with Gasteiger partial charge in [0.15, 0.2) is 0 Å². The SMILES string of the molecule is COc1ccc(CNCc2ccon2)c2ccccc12. The zero-order chi connectivity index (χ0) is 13.8. The molecular weight excluding hydrogens is 252 g/mol. The zero-order valence-electron chi connectivity index (χ0n) is 11.3. The predicted octanol–water partition coefficient (Wildman–Crippen LogP) is 3.13. The average molecular weight is 268 g/mol. The fourth-order valence-electron chi connectivity index (χ4n) is 2.32. The van der Waals surface area contributed by atoms with Crippen molar-refractivity contribution < 1.29 is 9.26 Å². The molecule has 102 valence electrons. The van der Waals surface area contributed by atoms with E-state index >= 15 is 0 Å².